The van der Waals surface area contributed by atoms with Crippen LogP contribution in [0.2, 0.25) is 0 Å². The third kappa shape index (κ3) is 1.49. The van der Waals surface area contributed by atoms with Gasteiger partial charge in [-0.1, -0.05) is 0 Å². The molecule has 2 heteroatoms. The fourth-order valence-corrected chi connectivity index (χ4v) is 0.969. The lowest BCUT2D eigenvalue weighted by Gasteiger charge is -2.15. The number of aliphatic hydroxyl groups excluding tert-OH is 1. The molecule has 0 saturated carbocycles. The van der Waals surface area contributed by atoms with Crippen LogP contribution in [0.3, 0.4) is 0 Å². The van der Waals surface area contributed by atoms with E-state index in [9.17, 15) is 0 Å². The second kappa shape index (κ2) is 2.13. The van der Waals surface area contributed by atoms with Gasteiger partial charge in [0.15, 0.2) is 0 Å². The van der Waals surface area contributed by atoms with Crippen molar-refractivity contribution in [2.24, 2.45) is 0 Å². The topological polar surface area (TPSA) is 32.3 Å². The summed E-state index contributed by atoms with van der Waals surface area (Å²) in [5.74, 6) is 0.360. The van der Waals surface area contributed by atoms with Crippen LogP contribution in [-0.2, 0) is 0 Å². The lowest BCUT2D eigenvalue weighted by atomic mass is 10.2. The predicted molar refractivity (Wildman–Crippen MR) is 37.1 cm³/mol. The van der Waals surface area contributed by atoms with Gasteiger partial charge in [0.05, 0.1) is 0 Å². The van der Waals surface area contributed by atoms with Gasteiger partial charge in [-0.2, -0.15) is 0 Å². The van der Waals surface area contributed by atoms with Crippen molar-refractivity contribution >= 4 is 0 Å². The summed E-state index contributed by atoms with van der Waals surface area (Å²) in [5, 5.41) is 12.1. The van der Waals surface area contributed by atoms with Crippen LogP contribution in [0.4, 0.5) is 0 Å². The molecule has 0 aromatic carbocycles. The number of hydrogen-bond donors (Lipinski definition) is 2. The van der Waals surface area contributed by atoms with Crippen LogP contribution in [0.1, 0.15) is 13.8 Å². The molecule has 2 N–H and O–H groups in total. The molecule has 0 saturated heterocycles. The Morgan fingerprint density at radius 1 is 1.67 bits per heavy atom. The number of aliphatic hydroxyl groups is 1. The van der Waals surface area contributed by atoms with E-state index in [0.29, 0.717) is 5.76 Å². The van der Waals surface area contributed by atoms with Crippen molar-refractivity contribution in [3.05, 3.63) is 23.6 Å². The van der Waals surface area contributed by atoms with Crippen molar-refractivity contribution in [1.29, 1.82) is 0 Å². The molecule has 1 aliphatic rings. The summed E-state index contributed by atoms with van der Waals surface area (Å²) in [5.41, 5.74) is 1.02. The van der Waals surface area contributed by atoms with E-state index in [-0.39, 0.29) is 6.04 Å². The number of hydrogen-bond acceptors (Lipinski definition) is 2. The first-order valence-corrected chi connectivity index (χ1v) is 3.04. The van der Waals surface area contributed by atoms with E-state index in [0.717, 1.165) is 5.70 Å². The molecule has 1 heterocycles. The summed E-state index contributed by atoms with van der Waals surface area (Å²) in [7, 11) is 0. The Hall–Kier alpha value is -0.920. The largest absolute Gasteiger partial charge is 0.508 e. The zero-order chi connectivity index (χ0) is 6.85. The van der Waals surface area contributed by atoms with Gasteiger partial charge in [-0.05, 0) is 26.0 Å². The van der Waals surface area contributed by atoms with E-state index in [1.807, 2.05) is 13.8 Å². The van der Waals surface area contributed by atoms with Crippen molar-refractivity contribution < 1.29 is 5.11 Å². The highest BCUT2D eigenvalue weighted by Crippen LogP contribution is 2.05. The summed E-state index contributed by atoms with van der Waals surface area (Å²) in [6, 6.07) is 0.259. The first kappa shape index (κ1) is 6.20. The molecular weight excluding hydrogens is 114 g/mol. The van der Waals surface area contributed by atoms with Gasteiger partial charge in [0.2, 0.25) is 0 Å². The molecule has 1 atom stereocenters. The Labute approximate surface area is 54.9 Å². The zero-order valence-electron chi connectivity index (χ0n) is 5.68. The minimum absolute atomic E-state index is 0.259. The summed E-state index contributed by atoms with van der Waals surface area (Å²) in [4.78, 5) is 0. The second-order valence-electron chi connectivity index (χ2n) is 2.35. The van der Waals surface area contributed by atoms with Gasteiger partial charge >= 0.3 is 0 Å². The fourth-order valence-electron chi connectivity index (χ4n) is 0.969. The quantitative estimate of drug-likeness (QED) is 0.511. The Morgan fingerprint density at radius 3 is 2.78 bits per heavy atom. The van der Waals surface area contributed by atoms with E-state index in [1.165, 1.54) is 0 Å². The summed E-state index contributed by atoms with van der Waals surface area (Å²) < 4.78 is 0. The van der Waals surface area contributed by atoms with Gasteiger partial charge in [0.25, 0.3) is 0 Å². The third-order valence-electron chi connectivity index (χ3n) is 1.24. The average molecular weight is 125 g/mol. The monoisotopic (exact) mass is 125 g/mol. The van der Waals surface area contributed by atoms with Crippen LogP contribution >= 0.6 is 0 Å². The Bertz CT molecular complexity index is 170. The molecule has 1 rings (SSSR count). The van der Waals surface area contributed by atoms with Gasteiger partial charge in [-0.3, -0.25) is 0 Å². The predicted octanol–water partition coefficient (Wildman–Crippen LogP) is 1.32. The first-order valence-electron chi connectivity index (χ1n) is 3.04. The Morgan fingerprint density at radius 2 is 2.33 bits per heavy atom. The lowest BCUT2D eigenvalue weighted by molar-refractivity contribution is 0.419. The SMILES string of the molecule is CC1=CC(O)=CC(C)N1. The highest BCUT2D eigenvalue weighted by molar-refractivity contribution is 5.22. The maximum absolute atomic E-state index is 8.99. The lowest BCUT2D eigenvalue weighted by Crippen LogP contribution is -2.25. The molecule has 1 aliphatic heterocycles. The van der Waals surface area contributed by atoms with Crippen molar-refractivity contribution in [2.75, 3.05) is 0 Å². The fraction of sp³-hybridized carbons (Fsp3) is 0.429. The number of dihydropyridines is 1. The van der Waals surface area contributed by atoms with E-state index in [4.69, 9.17) is 5.11 Å². The highest BCUT2D eigenvalue weighted by atomic mass is 16.3. The van der Waals surface area contributed by atoms with E-state index < -0.39 is 0 Å². The Balaban J connectivity index is 2.74. The molecule has 2 nitrogen and oxygen atoms in total. The van der Waals surface area contributed by atoms with Crippen molar-refractivity contribution in [3.63, 3.8) is 0 Å². The number of nitrogens with one attached hydrogen (secondary N) is 1. The molecule has 0 aromatic rings. The van der Waals surface area contributed by atoms with E-state index in [1.54, 1.807) is 12.2 Å². The van der Waals surface area contributed by atoms with E-state index in [2.05, 4.69) is 5.32 Å². The Kier molecular flexibility index (Phi) is 1.47. The summed E-state index contributed by atoms with van der Waals surface area (Å²) in [6.45, 7) is 3.92. The van der Waals surface area contributed by atoms with E-state index >= 15 is 0 Å². The smallest absolute Gasteiger partial charge is 0.115 e. The van der Waals surface area contributed by atoms with Gasteiger partial charge in [-0.25, -0.2) is 0 Å². The molecular formula is C7H11NO. The van der Waals surface area contributed by atoms with Crippen molar-refractivity contribution in [3.8, 4) is 0 Å². The zero-order valence-corrected chi connectivity index (χ0v) is 5.68. The molecule has 50 valence electrons. The van der Waals surface area contributed by atoms with Crippen LogP contribution in [-0.4, -0.2) is 11.1 Å². The maximum atomic E-state index is 8.99. The maximum Gasteiger partial charge on any atom is 0.115 e. The van der Waals surface area contributed by atoms with Gasteiger partial charge < -0.3 is 10.4 Å². The minimum Gasteiger partial charge on any atom is -0.508 e. The van der Waals surface area contributed by atoms with Crippen LogP contribution in [0.25, 0.3) is 0 Å². The third-order valence-corrected chi connectivity index (χ3v) is 1.24. The molecule has 1 unspecified atom stereocenters. The van der Waals surface area contributed by atoms with Crippen molar-refractivity contribution in [1.82, 2.24) is 5.32 Å². The normalized spacial score (nSPS) is 26.2. The number of rotatable bonds is 0. The standard InChI is InChI=1S/C7H11NO/c1-5-3-7(9)4-6(2)8-5/h3-5,8-9H,1-2H3. The molecule has 0 aromatic heterocycles. The molecule has 9 heavy (non-hydrogen) atoms. The molecule has 0 fully saturated rings. The van der Waals surface area contributed by atoms with Crippen LogP contribution in [0.5, 0.6) is 0 Å². The molecule has 0 amide bonds. The van der Waals surface area contributed by atoms with Crippen molar-refractivity contribution in [2.45, 2.75) is 19.9 Å². The van der Waals surface area contributed by atoms with Gasteiger partial charge in [0, 0.05) is 11.7 Å². The number of allylic oxidation sites excluding steroid dienone is 2. The molecule has 0 spiro atoms. The summed E-state index contributed by atoms with van der Waals surface area (Å²) in [6.07, 6.45) is 3.48. The molecule has 0 radical (unpaired) electrons. The summed E-state index contributed by atoms with van der Waals surface area (Å²) >= 11 is 0. The van der Waals surface area contributed by atoms with Gasteiger partial charge in [0.1, 0.15) is 5.76 Å². The van der Waals surface area contributed by atoms with Crippen LogP contribution in [0, 0.1) is 0 Å². The molecule has 0 aliphatic carbocycles. The first-order chi connectivity index (χ1) is 4.18. The molecule has 0 bridgehead atoms. The van der Waals surface area contributed by atoms with Gasteiger partial charge in [-0.15, -0.1) is 0 Å². The van der Waals surface area contributed by atoms with Crippen LogP contribution < -0.4 is 5.32 Å². The highest BCUT2D eigenvalue weighted by Gasteiger charge is 2.04. The second-order valence-corrected chi connectivity index (χ2v) is 2.35. The average Bonchev–Trinajstić information content (AvgIpc) is 1.59. The minimum atomic E-state index is 0.259. The van der Waals surface area contributed by atoms with Crippen LogP contribution in [0.15, 0.2) is 23.6 Å².